The molecule has 110 valence electrons. The Labute approximate surface area is 118 Å². The molecule has 2 aromatic rings. The summed E-state index contributed by atoms with van der Waals surface area (Å²) in [5.41, 5.74) is 5.88. The fourth-order valence-corrected chi connectivity index (χ4v) is 1.69. The van der Waals surface area contributed by atoms with Gasteiger partial charge >= 0.3 is 0 Å². The van der Waals surface area contributed by atoms with E-state index in [1.807, 2.05) is 0 Å². The van der Waals surface area contributed by atoms with Crippen molar-refractivity contribution in [3.63, 3.8) is 0 Å². The first-order valence-corrected chi connectivity index (χ1v) is 5.85. The van der Waals surface area contributed by atoms with Crippen LogP contribution in [0.3, 0.4) is 0 Å². The third kappa shape index (κ3) is 3.65. The molecule has 2 aromatic carbocycles. The molecule has 4 nitrogen and oxygen atoms in total. The van der Waals surface area contributed by atoms with Gasteiger partial charge in [-0.05, 0) is 35.9 Å². The average molecular weight is 296 g/mol. The number of amidine groups is 1. The predicted molar refractivity (Wildman–Crippen MR) is 69.6 cm³/mol. The van der Waals surface area contributed by atoms with Crippen LogP contribution in [0, 0.1) is 17.5 Å². The van der Waals surface area contributed by atoms with Crippen molar-refractivity contribution >= 4 is 5.84 Å². The van der Waals surface area contributed by atoms with Crippen molar-refractivity contribution in [2.45, 2.75) is 6.61 Å². The number of hydrogen-bond acceptors (Lipinski definition) is 3. The Bertz CT molecular complexity index is 690. The molecule has 0 radical (unpaired) electrons. The number of nitrogens with two attached hydrogens (primary N) is 1. The van der Waals surface area contributed by atoms with Crippen LogP contribution in [0.25, 0.3) is 0 Å². The maximum Gasteiger partial charge on any atom is 0.170 e. The molecule has 3 N–H and O–H groups in total. The van der Waals surface area contributed by atoms with Crippen LogP contribution < -0.4 is 10.5 Å². The van der Waals surface area contributed by atoms with E-state index in [9.17, 15) is 13.2 Å². The van der Waals surface area contributed by atoms with Crippen molar-refractivity contribution in [2.75, 3.05) is 0 Å². The first-order valence-electron chi connectivity index (χ1n) is 5.85. The van der Waals surface area contributed by atoms with E-state index in [4.69, 9.17) is 15.7 Å². The van der Waals surface area contributed by atoms with Crippen LogP contribution in [0.2, 0.25) is 0 Å². The van der Waals surface area contributed by atoms with Crippen molar-refractivity contribution in [1.29, 1.82) is 0 Å². The van der Waals surface area contributed by atoms with E-state index in [1.54, 1.807) is 0 Å². The van der Waals surface area contributed by atoms with E-state index in [0.717, 1.165) is 24.3 Å². The molecule has 0 fully saturated rings. The minimum absolute atomic E-state index is 0.161. The van der Waals surface area contributed by atoms with E-state index in [1.165, 1.54) is 6.07 Å². The Morgan fingerprint density at radius 2 is 1.86 bits per heavy atom. The molecule has 0 bridgehead atoms. The van der Waals surface area contributed by atoms with Crippen LogP contribution in [-0.4, -0.2) is 11.0 Å². The zero-order valence-electron chi connectivity index (χ0n) is 10.7. The summed E-state index contributed by atoms with van der Waals surface area (Å²) in [6.45, 7) is -0.161. The highest BCUT2D eigenvalue weighted by molar-refractivity contribution is 5.97. The Kier molecular flexibility index (Phi) is 4.32. The summed E-state index contributed by atoms with van der Waals surface area (Å²) in [6.07, 6.45) is 0. The van der Waals surface area contributed by atoms with Gasteiger partial charge in [0, 0.05) is 11.6 Å². The normalized spacial score (nSPS) is 11.5. The lowest BCUT2D eigenvalue weighted by Crippen LogP contribution is -2.14. The average Bonchev–Trinajstić information content (AvgIpc) is 2.45. The number of halogens is 3. The molecule has 0 aliphatic heterocycles. The monoisotopic (exact) mass is 296 g/mol. The van der Waals surface area contributed by atoms with Gasteiger partial charge in [-0.15, -0.1) is 0 Å². The SMILES string of the molecule is N/C(=N/O)c1cc(F)cc(COc2ccc(F)cc2F)c1. The van der Waals surface area contributed by atoms with Crippen molar-refractivity contribution in [2.24, 2.45) is 10.9 Å². The lowest BCUT2D eigenvalue weighted by atomic mass is 10.1. The van der Waals surface area contributed by atoms with E-state index in [2.05, 4.69) is 5.16 Å². The third-order valence-corrected chi connectivity index (χ3v) is 2.65. The lowest BCUT2D eigenvalue weighted by molar-refractivity contribution is 0.288. The Morgan fingerprint density at radius 1 is 1.10 bits per heavy atom. The molecule has 0 saturated heterocycles. The summed E-state index contributed by atoms with van der Waals surface area (Å²) in [5, 5.41) is 11.3. The predicted octanol–water partition coefficient (Wildman–Crippen LogP) is 2.78. The summed E-state index contributed by atoms with van der Waals surface area (Å²) in [6, 6.07) is 6.54. The highest BCUT2D eigenvalue weighted by atomic mass is 19.1. The number of oxime groups is 1. The van der Waals surface area contributed by atoms with Crippen molar-refractivity contribution in [1.82, 2.24) is 0 Å². The Balaban J connectivity index is 2.18. The second kappa shape index (κ2) is 6.17. The first-order chi connectivity index (χ1) is 9.99. The van der Waals surface area contributed by atoms with E-state index in [-0.39, 0.29) is 23.8 Å². The maximum atomic E-state index is 13.4. The van der Waals surface area contributed by atoms with Crippen LogP contribution in [0.1, 0.15) is 11.1 Å². The van der Waals surface area contributed by atoms with Gasteiger partial charge in [0.15, 0.2) is 17.4 Å². The molecule has 2 rings (SSSR count). The van der Waals surface area contributed by atoms with Gasteiger partial charge in [0.1, 0.15) is 18.2 Å². The summed E-state index contributed by atoms with van der Waals surface area (Å²) >= 11 is 0. The zero-order valence-corrected chi connectivity index (χ0v) is 10.7. The smallest absolute Gasteiger partial charge is 0.170 e. The van der Waals surface area contributed by atoms with Crippen LogP contribution in [0.5, 0.6) is 5.75 Å². The molecule has 0 aliphatic carbocycles. The van der Waals surface area contributed by atoms with E-state index in [0.29, 0.717) is 11.6 Å². The maximum absolute atomic E-state index is 13.4. The standard InChI is InChI=1S/C14H11F3N2O2/c15-10-1-2-13(12(17)6-10)21-7-8-3-9(14(18)19-20)5-11(16)4-8/h1-6,20H,7H2,(H2,18,19). The van der Waals surface area contributed by atoms with Crippen molar-refractivity contribution in [3.8, 4) is 5.75 Å². The lowest BCUT2D eigenvalue weighted by Gasteiger charge is -2.09. The van der Waals surface area contributed by atoms with Crippen LogP contribution in [0.4, 0.5) is 13.2 Å². The van der Waals surface area contributed by atoms with Crippen LogP contribution in [-0.2, 0) is 6.61 Å². The van der Waals surface area contributed by atoms with Crippen LogP contribution >= 0.6 is 0 Å². The summed E-state index contributed by atoms with van der Waals surface area (Å²) < 4.78 is 44.7. The number of rotatable bonds is 4. The topological polar surface area (TPSA) is 67.8 Å². The summed E-state index contributed by atoms with van der Waals surface area (Å²) in [4.78, 5) is 0. The molecular weight excluding hydrogens is 285 g/mol. The minimum Gasteiger partial charge on any atom is -0.486 e. The molecule has 7 heteroatoms. The van der Waals surface area contributed by atoms with Gasteiger partial charge in [-0.2, -0.15) is 0 Å². The molecule has 0 aliphatic rings. The molecule has 0 spiro atoms. The number of hydrogen-bond donors (Lipinski definition) is 2. The van der Waals surface area contributed by atoms with Gasteiger partial charge in [-0.3, -0.25) is 0 Å². The third-order valence-electron chi connectivity index (χ3n) is 2.65. The van der Waals surface area contributed by atoms with Gasteiger partial charge in [-0.25, -0.2) is 13.2 Å². The fraction of sp³-hybridized carbons (Fsp3) is 0.0714. The molecule has 0 saturated carbocycles. The number of nitrogens with zero attached hydrogens (tertiary/aromatic N) is 1. The molecule has 0 amide bonds. The Morgan fingerprint density at radius 3 is 2.52 bits per heavy atom. The largest absolute Gasteiger partial charge is 0.486 e. The van der Waals surface area contributed by atoms with Gasteiger partial charge in [-0.1, -0.05) is 5.16 Å². The highest BCUT2D eigenvalue weighted by Crippen LogP contribution is 2.19. The van der Waals surface area contributed by atoms with Gasteiger partial charge < -0.3 is 15.7 Å². The molecule has 0 atom stereocenters. The fourth-order valence-electron chi connectivity index (χ4n) is 1.69. The van der Waals surface area contributed by atoms with E-state index >= 15 is 0 Å². The van der Waals surface area contributed by atoms with Crippen molar-refractivity contribution in [3.05, 3.63) is 65.0 Å². The Hall–Kier alpha value is -2.70. The zero-order chi connectivity index (χ0) is 15.4. The van der Waals surface area contributed by atoms with Crippen LogP contribution in [0.15, 0.2) is 41.6 Å². The van der Waals surface area contributed by atoms with Crippen molar-refractivity contribution < 1.29 is 23.1 Å². The second-order valence-corrected chi connectivity index (χ2v) is 4.20. The van der Waals surface area contributed by atoms with Gasteiger partial charge in [0.25, 0.3) is 0 Å². The van der Waals surface area contributed by atoms with E-state index < -0.39 is 17.5 Å². The minimum atomic E-state index is -0.858. The molecular formula is C14H11F3N2O2. The second-order valence-electron chi connectivity index (χ2n) is 4.20. The number of ether oxygens (including phenoxy) is 1. The molecule has 0 unspecified atom stereocenters. The summed E-state index contributed by atoms with van der Waals surface area (Å²) in [5.74, 6) is -2.62. The quantitative estimate of drug-likeness (QED) is 0.394. The highest BCUT2D eigenvalue weighted by Gasteiger charge is 2.08. The van der Waals surface area contributed by atoms with Gasteiger partial charge in [0.05, 0.1) is 0 Å². The first kappa shape index (κ1) is 14.7. The molecule has 0 aromatic heterocycles. The number of benzene rings is 2. The summed E-state index contributed by atoms with van der Waals surface area (Å²) in [7, 11) is 0. The van der Waals surface area contributed by atoms with Gasteiger partial charge in [0.2, 0.25) is 0 Å². The molecule has 21 heavy (non-hydrogen) atoms. The molecule has 0 heterocycles.